The van der Waals surface area contributed by atoms with Crippen molar-refractivity contribution in [1.82, 2.24) is 25.1 Å². The zero-order chi connectivity index (χ0) is 19.6. The van der Waals surface area contributed by atoms with Crippen molar-refractivity contribution >= 4 is 11.9 Å². The van der Waals surface area contributed by atoms with Crippen molar-refractivity contribution < 1.29 is 19.1 Å². The van der Waals surface area contributed by atoms with Crippen LogP contribution in [0.25, 0.3) is 11.4 Å². The van der Waals surface area contributed by atoms with Gasteiger partial charge >= 0.3 is 5.97 Å². The Hall–Kier alpha value is -3.49. The van der Waals surface area contributed by atoms with Crippen LogP contribution in [0, 0.1) is 6.92 Å². The summed E-state index contributed by atoms with van der Waals surface area (Å²) in [5.74, 6) is -0.185. The van der Waals surface area contributed by atoms with E-state index in [1.54, 1.807) is 20.9 Å². The lowest BCUT2D eigenvalue weighted by Gasteiger charge is -2.19. The van der Waals surface area contributed by atoms with E-state index in [1.165, 1.54) is 15.8 Å². The highest BCUT2D eigenvalue weighted by atomic mass is 16.4. The molecular weight excluding hydrogens is 350 g/mol. The first kappa shape index (κ1) is 18.3. The molecular formula is C18H19N5O4. The number of hydrogen-bond acceptors (Lipinski definition) is 6. The second kappa shape index (κ2) is 7.40. The Kier molecular flexibility index (Phi) is 5.02. The van der Waals surface area contributed by atoms with Crippen LogP contribution in [0.5, 0.6) is 0 Å². The summed E-state index contributed by atoms with van der Waals surface area (Å²) in [4.78, 5) is 26.5. The van der Waals surface area contributed by atoms with Crippen molar-refractivity contribution in [2.24, 2.45) is 0 Å². The molecule has 0 saturated heterocycles. The maximum Gasteiger partial charge on any atom is 0.339 e. The van der Waals surface area contributed by atoms with Crippen molar-refractivity contribution in [3.63, 3.8) is 0 Å². The summed E-state index contributed by atoms with van der Waals surface area (Å²) in [7, 11) is 1.60. The normalized spacial score (nSPS) is 12.0. The molecule has 27 heavy (non-hydrogen) atoms. The lowest BCUT2D eigenvalue weighted by Crippen LogP contribution is -2.33. The zero-order valence-electron chi connectivity index (χ0n) is 15.2. The summed E-state index contributed by atoms with van der Waals surface area (Å²) in [6.07, 6.45) is 0. The monoisotopic (exact) mass is 369 g/mol. The van der Waals surface area contributed by atoms with Gasteiger partial charge in [-0.25, -0.2) is 4.79 Å². The maximum atomic E-state index is 12.7. The Morgan fingerprint density at radius 3 is 2.63 bits per heavy atom. The molecule has 0 bridgehead atoms. The predicted molar refractivity (Wildman–Crippen MR) is 94.8 cm³/mol. The average Bonchev–Trinajstić information content (AvgIpc) is 3.28. The molecule has 2 heterocycles. The van der Waals surface area contributed by atoms with Crippen molar-refractivity contribution in [1.29, 1.82) is 0 Å². The van der Waals surface area contributed by atoms with Gasteiger partial charge in [0.25, 0.3) is 0 Å². The quantitative estimate of drug-likeness (QED) is 0.708. The number of tetrazole rings is 1. The van der Waals surface area contributed by atoms with Crippen LogP contribution in [-0.2, 0) is 11.3 Å². The van der Waals surface area contributed by atoms with Gasteiger partial charge in [0.05, 0.1) is 6.54 Å². The Bertz CT molecular complexity index is 963. The average molecular weight is 369 g/mol. The number of hydrogen-bond donors (Lipinski definition) is 1. The fraction of sp³-hybridized carbons (Fsp3) is 0.278. The number of aromatic carboxylic acids is 1. The highest BCUT2D eigenvalue weighted by Crippen LogP contribution is 2.18. The van der Waals surface area contributed by atoms with E-state index in [1.807, 2.05) is 30.3 Å². The first-order valence-electron chi connectivity index (χ1n) is 8.29. The molecule has 0 aliphatic rings. The van der Waals surface area contributed by atoms with Gasteiger partial charge in [0, 0.05) is 12.6 Å². The van der Waals surface area contributed by atoms with Crippen LogP contribution in [0.4, 0.5) is 0 Å². The number of amides is 1. The SMILES string of the molecule is Cc1oc(CN(C)C(=O)C(C)n2nnc(-c3ccccc3)n2)cc1C(=O)O. The van der Waals surface area contributed by atoms with Crippen LogP contribution in [0.15, 0.2) is 40.8 Å². The standard InChI is InChI=1S/C18H19N5O4/c1-11(23-20-16(19-21-23)13-7-5-4-6-8-13)17(24)22(3)10-14-9-15(18(25)26)12(2)27-14/h4-9,11H,10H2,1-3H3,(H,25,26). The number of nitrogens with zero attached hydrogens (tertiary/aromatic N) is 5. The van der Waals surface area contributed by atoms with Gasteiger partial charge in [0.1, 0.15) is 23.1 Å². The lowest BCUT2D eigenvalue weighted by molar-refractivity contribution is -0.134. The number of aromatic nitrogens is 4. The Morgan fingerprint density at radius 2 is 2.00 bits per heavy atom. The summed E-state index contributed by atoms with van der Waals surface area (Å²) in [5, 5.41) is 21.3. The second-order valence-corrected chi connectivity index (χ2v) is 6.16. The third-order valence-electron chi connectivity index (χ3n) is 4.13. The summed E-state index contributed by atoms with van der Waals surface area (Å²) in [5.41, 5.74) is 0.897. The number of furan rings is 1. The second-order valence-electron chi connectivity index (χ2n) is 6.16. The molecule has 140 valence electrons. The summed E-state index contributed by atoms with van der Waals surface area (Å²) in [6, 6.07) is 10.1. The van der Waals surface area contributed by atoms with Crippen LogP contribution >= 0.6 is 0 Å². The van der Waals surface area contributed by atoms with E-state index in [2.05, 4.69) is 15.4 Å². The number of carbonyl (C=O) groups excluding carboxylic acids is 1. The third-order valence-corrected chi connectivity index (χ3v) is 4.13. The minimum Gasteiger partial charge on any atom is -0.478 e. The van der Waals surface area contributed by atoms with Gasteiger partial charge in [-0.05, 0) is 25.1 Å². The number of rotatable bonds is 6. The number of aryl methyl sites for hydroxylation is 1. The first-order valence-corrected chi connectivity index (χ1v) is 8.29. The van der Waals surface area contributed by atoms with E-state index in [0.717, 1.165) is 5.56 Å². The predicted octanol–water partition coefficient (Wildman–Crippen LogP) is 2.16. The van der Waals surface area contributed by atoms with Crippen LogP contribution in [0.2, 0.25) is 0 Å². The molecule has 1 amide bonds. The third kappa shape index (κ3) is 3.86. The number of likely N-dealkylation sites (N-methyl/N-ethyl adjacent to an activating group) is 1. The molecule has 2 aromatic heterocycles. The number of carboxylic acid groups (broad SMARTS) is 1. The van der Waals surface area contributed by atoms with Crippen molar-refractivity contribution in [3.05, 3.63) is 53.5 Å². The van der Waals surface area contributed by atoms with Crippen LogP contribution in [-0.4, -0.2) is 49.1 Å². The molecule has 9 heteroatoms. The Balaban J connectivity index is 1.70. The number of carbonyl (C=O) groups is 2. The smallest absolute Gasteiger partial charge is 0.339 e. The maximum absolute atomic E-state index is 12.7. The molecule has 0 aliphatic heterocycles. The Labute approximate surface area is 155 Å². The van der Waals surface area contributed by atoms with Crippen molar-refractivity contribution in [3.8, 4) is 11.4 Å². The van der Waals surface area contributed by atoms with Crippen molar-refractivity contribution in [2.45, 2.75) is 26.4 Å². The molecule has 1 atom stereocenters. The largest absolute Gasteiger partial charge is 0.478 e. The van der Waals surface area contributed by atoms with Gasteiger partial charge in [-0.2, -0.15) is 4.80 Å². The van der Waals surface area contributed by atoms with Crippen LogP contribution in [0.1, 0.15) is 34.8 Å². The summed E-state index contributed by atoms with van der Waals surface area (Å²) in [6.45, 7) is 3.38. The molecule has 1 unspecified atom stereocenters. The fourth-order valence-corrected chi connectivity index (χ4v) is 2.66. The van der Waals surface area contributed by atoms with Gasteiger partial charge in [-0.1, -0.05) is 30.3 Å². The molecule has 0 fully saturated rings. The van der Waals surface area contributed by atoms with Gasteiger partial charge < -0.3 is 14.4 Å². The molecule has 1 aromatic carbocycles. The molecule has 3 aromatic rings. The molecule has 0 radical (unpaired) electrons. The number of benzene rings is 1. The van der Waals surface area contributed by atoms with E-state index in [4.69, 9.17) is 9.52 Å². The molecule has 0 spiro atoms. The van der Waals surface area contributed by atoms with Gasteiger partial charge in [-0.15, -0.1) is 10.2 Å². The van der Waals surface area contributed by atoms with Gasteiger partial charge in [-0.3, -0.25) is 4.79 Å². The number of carboxylic acids is 1. The zero-order valence-corrected chi connectivity index (χ0v) is 15.2. The Morgan fingerprint density at radius 1 is 1.30 bits per heavy atom. The van der Waals surface area contributed by atoms with E-state index >= 15 is 0 Å². The molecule has 3 rings (SSSR count). The minimum absolute atomic E-state index is 0.0874. The highest BCUT2D eigenvalue weighted by Gasteiger charge is 2.24. The van der Waals surface area contributed by atoms with E-state index in [0.29, 0.717) is 17.3 Å². The van der Waals surface area contributed by atoms with E-state index in [-0.39, 0.29) is 18.0 Å². The molecule has 0 saturated carbocycles. The topological polar surface area (TPSA) is 114 Å². The molecule has 9 nitrogen and oxygen atoms in total. The van der Waals surface area contributed by atoms with Crippen LogP contribution in [0.3, 0.4) is 0 Å². The van der Waals surface area contributed by atoms with E-state index < -0.39 is 12.0 Å². The van der Waals surface area contributed by atoms with E-state index in [9.17, 15) is 9.59 Å². The summed E-state index contributed by atoms with van der Waals surface area (Å²) < 4.78 is 5.42. The van der Waals surface area contributed by atoms with Crippen LogP contribution < -0.4 is 0 Å². The van der Waals surface area contributed by atoms with Gasteiger partial charge in [0.2, 0.25) is 11.7 Å². The van der Waals surface area contributed by atoms with Gasteiger partial charge in [0.15, 0.2) is 0 Å². The minimum atomic E-state index is -1.06. The lowest BCUT2D eigenvalue weighted by atomic mass is 10.2. The molecule has 1 N–H and O–H groups in total. The van der Waals surface area contributed by atoms with Crippen molar-refractivity contribution in [2.75, 3.05) is 7.05 Å². The fourth-order valence-electron chi connectivity index (χ4n) is 2.66. The highest BCUT2D eigenvalue weighted by molar-refractivity contribution is 5.88. The first-order chi connectivity index (χ1) is 12.9. The molecule has 0 aliphatic carbocycles. The summed E-state index contributed by atoms with van der Waals surface area (Å²) >= 11 is 0.